The van der Waals surface area contributed by atoms with Crippen LogP contribution < -0.4 is 0 Å². The summed E-state index contributed by atoms with van der Waals surface area (Å²) in [5, 5.41) is 0. The van der Waals surface area contributed by atoms with Crippen molar-refractivity contribution in [1.29, 1.82) is 0 Å². The van der Waals surface area contributed by atoms with Crippen LogP contribution in [-0.4, -0.2) is 23.3 Å². The van der Waals surface area contributed by atoms with Gasteiger partial charge >= 0.3 is 7.12 Å². The Balaban J connectivity index is 2.38. The van der Waals surface area contributed by atoms with Crippen LogP contribution in [0.3, 0.4) is 0 Å². The van der Waals surface area contributed by atoms with E-state index in [1.165, 1.54) is 6.08 Å². The SMILES string of the molecule is Cc1nc(C)c(C=C(F)B2OC(C)(C)C(C)(C)O2)c(C)c1Br. The lowest BCUT2D eigenvalue weighted by molar-refractivity contribution is 0.00578. The molecule has 0 saturated carbocycles. The monoisotopic (exact) mass is 369 g/mol. The molecule has 22 heavy (non-hydrogen) atoms. The van der Waals surface area contributed by atoms with E-state index < -0.39 is 24.0 Å². The molecule has 0 bridgehead atoms. The molecule has 0 unspecified atom stereocenters. The van der Waals surface area contributed by atoms with Gasteiger partial charge in [0.1, 0.15) is 5.73 Å². The molecule has 3 nitrogen and oxygen atoms in total. The summed E-state index contributed by atoms with van der Waals surface area (Å²) in [6.07, 6.45) is 1.46. The molecule has 2 rings (SSSR count). The van der Waals surface area contributed by atoms with Crippen molar-refractivity contribution in [3.63, 3.8) is 0 Å². The Morgan fingerprint density at radius 1 is 1.09 bits per heavy atom. The summed E-state index contributed by atoms with van der Waals surface area (Å²) in [6.45, 7) is 13.3. The summed E-state index contributed by atoms with van der Waals surface area (Å²) < 4.78 is 27.0. The minimum absolute atomic E-state index is 0.442. The zero-order valence-electron chi connectivity index (χ0n) is 14.2. The minimum atomic E-state index is -0.983. The van der Waals surface area contributed by atoms with E-state index in [0.29, 0.717) is 0 Å². The van der Waals surface area contributed by atoms with Gasteiger partial charge in [0.05, 0.1) is 16.9 Å². The number of nitrogens with zero attached hydrogens (tertiary/aromatic N) is 1. The number of rotatable bonds is 2. The van der Waals surface area contributed by atoms with Gasteiger partial charge in [-0.2, -0.15) is 0 Å². The fourth-order valence-electron chi connectivity index (χ4n) is 2.40. The van der Waals surface area contributed by atoms with Gasteiger partial charge in [0, 0.05) is 15.7 Å². The molecule has 0 spiro atoms. The molecule has 0 amide bonds. The molecule has 1 aromatic rings. The van der Waals surface area contributed by atoms with Crippen LogP contribution in [0.5, 0.6) is 0 Å². The Hall–Kier alpha value is -0.715. The van der Waals surface area contributed by atoms with E-state index in [0.717, 1.165) is 27.0 Å². The number of aromatic nitrogens is 1. The second kappa shape index (κ2) is 5.73. The Labute approximate surface area is 140 Å². The molecule has 2 heterocycles. The minimum Gasteiger partial charge on any atom is -0.398 e. The molecule has 1 aromatic heterocycles. The Bertz CT molecular complexity index is 628. The lowest BCUT2D eigenvalue weighted by Gasteiger charge is -2.32. The van der Waals surface area contributed by atoms with Gasteiger partial charge in [0.15, 0.2) is 0 Å². The van der Waals surface area contributed by atoms with E-state index in [1.807, 2.05) is 48.5 Å². The molecule has 0 aromatic carbocycles. The Morgan fingerprint density at radius 3 is 2.09 bits per heavy atom. The second-order valence-electron chi connectivity index (χ2n) is 6.75. The fraction of sp³-hybridized carbons (Fsp3) is 0.562. The van der Waals surface area contributed by atoms with Crippen molar-refractivity contribution >= 4 is 29.1 Å². The lowest BCUT2D eigenvalue weighted by atomic mass is 9.86. The van der Waals surface area contributed by atoms with Gasteiger partial charge in [-0.1, -0.05) is 0 Å². The van der Waals surface area contributed by atoms with Gasteiger partial charge in [0.25, 0.3) is 0 Å². The standard InChI is InChI=1S/C16H22BBrFNO2/c1-9-12(10(2)20-11(3)14(9)18)8-13(19)17-21-15(4,5)16(6,7)22-17/h8H,1-7H3. The summed E-state index contributed by atoms with van der Waals surface area (Å²) in [5.41, 5.74) is 1.83. The largest absolute Gasteiger partial charge is 0.525 e. The van der Waals surface area contributed by atoms with Crippen LogP contribution in [0.2, 0.25) is 0 Å². The van der Waals surface area contributed by atoms with Gasteiger partial charge in [-0.3, -0.25) is 4.98 Å². The first-order chi connectivity index (χ1) is 9.96. The molecular formula is C16H22BBrFNO2. The van der Waals surface area contributed by atoms with Crippen molar-refractivity contribution in [2.45, 2.75) is 59.7 Å². The van der Waals surface area contributed by atoms with Crippen molar-refractivity contribution in [1.82, 2.24) is 4.98 Å². The van der Waals surface area contributed by atoms with Crippen molar-refractivity contribution in [3.05, 3.63) is 32.7 Å². The van der Waals surface area contributed by atoms with Crippen LogP contribution in [-0.2, 0) is 9.31 Å². The Kier molecular flexibility index (Phi) is 4.59. The maximum atomic E-state index is 14.6. The zero-order chi connectivity index (χ0) is 16.9. The highest BCUT2D eigenvalue weighted by atomic mass is 79.9. The first-order valence-corrected chi connectivity index (χ1v) is 8.11. The molecule has 1 fully saturated rings. The van der Waals surface area contributed by atoms with E-state index in [1.54, 1.807) is 0 Å². The highest BCUT2D eigenvalue weighted by Gasteiger charge is 2.53. The highest BCUT2D eigenvalue weighted by molar-refractivity contribution is 9.10. The number of aryl methyl sites for hydroxylation is 2. The van der Waals surface area contributed by atoms with Gasteiger partial charge < -0.3 is 9.31 Å². The molecule has 0 atom stereocenters. The number of halogens is 2. The van der Waals surface area contributed by atoms with Crippen LogP contribution >= 0.6 is 15.9 Å². The average Bonchev–Trinajstić information content (AvgIpc) is 2.61. The number of hydrogen-bond acceptors (Lipinski definition) is 3. The van der Waals surface area contributed by atoms with Gasteiger partial charge in [-0.15, -0.1) is 0 Å². The van der Waals surface area contributed by atoms with Crippen LogP contribution in [0.1, 0.15) is 50.2 Å². The molecule has 0 radical (unpaired) electrons. The molecule has 120 valence electrons. The van der Waals surface area contributed by atoms with Crippen molar-refractivity contribution in [2.24, 2.45) is 0 Å². The molecule has 1 aliphatic heterocycles. The van der Waals surface area contributed by atoms with Crippen LogP contribution in [0.4, 0.5) is 4.39 Å². The predicted octanol–water partition coefficient (Wildman–Crippen LogP) is 4.71. The lowest BCUT2D eigenvalue weighted by Crippen LogP contribution is -2.41. The smallest absolute Gasteiger partial charge is 0.398 e. The third-order valence-corrected chi connectivity index (χ3v) is 5.71. The molecule has 0 aliphatic carbocycles. The van der Waals surface area contributed by atoms with E-state index in [9.17, 15) is 4.39 Å². The van der Waals surface area contributed by atoms with Gasteiger partial charge in [0.2, 0.25) is 0 Å². The van der Waals surface area contributed by atoms with Crippen molar-refractivity contribution < 1.29 is 13.7 Å². The van der Waals surface area contributed by atoms with Crippen molar-refractivity contribution in [3.8, 4) is 0 Å². The Morgan fingerprint density at radius 2 is 1.59 bits per heavy atom. The number of pyridine rings is 1. The van der Waals surface area contributed by atoms with E-state index >= 15 is 0 Å². The van der Waals surface area contributed by atoms with E-state index in [-0.39, 0.29) is 0 Å². The first kappa shape index (κ1) is 17.6. The van der Waals surface area contributed by atoms with Crippen LogP contribution in [0, 0.1) is 20.8 Å². The van der Waals surface area contributed by atoms with E-state index in [4.69, 9.17) is 9.31 Å². The van der Waals surface area contributed by atoms with Crippen molar-refractivity contribution in [2.75, 3.05) is 0 Å². The van der Waals surface area contributed by atoms with Crippen LogP contribution in [0.25, 0.3) is 6.08 Å². The molecule has 0 N–H and O–H groups in total. The second-order valence-corrected chi connectivity index (χ2v) is 7.55. The normalized spacial score (nSPS) is 20.6. The maximum absolute atomic E-state index is 14.6. The third-order valence-electron chi connectivity index (χ3n) is 4.54. The molecular weight excluding hydrogens is 348 g/mol. The summed E-state index contributed by atoms with van der Waals surface area (Å²) in [7, 11) is -0.983. The number of hydrogen-bond donors (Lipinski definition) is 0. The highest BCUT2D eigenvalue weighted by Crippen LogP contribution is 2.39. The third kappa shape index (κ3) is 3.01. The summed E-state index contributed by atoms with van der Waals surface area (Å²) in [5.74, 6) is 0. The van der Waals surface area contributed by atoms with Crippen LogP contribution in [0.15, 0.2) is 10.2 Å². The quantitative estimate of drug-likeness (QED) is 0.707. The summed E-state index contributed by atoms with van der Waals surface area (Å²) >= 11 is 3.50. The topological polar surface area (TPSA) is 31.4 Å². The maximum Gasteiger partial charge on any atom is 0.525 e. The predicted molar refractivity (Wildman–Crippen MR) is 91.3 cm³/mol. The average molecular weight is 370 g/mol. The molecule has 1 aliphatic rings. The van der Waals surface area contributed by atoms with E-state index in [2.05, 4.69) is 20.9 Å². The molecule has 6 heteroatoms. The van der Waals surface area contributed by atoms with Gasteiger partial charge in [-0.05, 0) is 76.0 Å². The summed E-state index contributed by atoms with van der Waals surface area (Å²) in [6, 6.07) is 0. The first-order valence-electron chi connectivity index (χ1n) is 7.32. The zero-order valence-corrected chi connectivity index (χ0v) is 15.8. The fourth-order valence-corrected chi connectivity index (χ4v) is 2.70. The molecule has 1 saturated heterocycles. The summed E-state index contributed by atoms with van der Waals surface area (Å²) in [4.78, 5) is 4.43. The van der Waals surface area contributed by atoms with Gasteiger partial charge in [-0.25, -0.2) is 4.39 Å².